The van der Waals surface area contributed by atoms with Crippen molar-refractivity contribution in [2.45, 2.75) is 69.9 Å². The van der Waals surface area contributed by atoms with Crippen molar-refractivity contribution in [3.63, 3.8) is 0 Å². The number of amides is 1. The van der Waals surface area contributed by atoms with E-state index in [1.54, 1.807) is 4.90 Å². The van der Waals surface area contributed by atoms with E-state index >= 15 is 0 Å². The summed E-state index contributed by atoms with van der Waals surface area (Å²) in [7, 11) is 0. The number of hydrogen-bond donors (Lipinski definition) is 1. The van der Waals surface area contributed by atoms with Crippen LogP contribution in [0.2, 0.25) is 0 Å². The van der Waals surface area contributed by atoms with Crippen molar-refractivity contribution >= 4 is 28.6 Å². The van der Waals surface area contributed by atoms with Crippen LogP contribution in [-0.2, 0) is 20.8 Å². The summed E-state index contributed by atoms with van der Waals surface area (Å²) in [5.41, 5.74) is 0.830. The molecule has 3 aromatic rings. The van der Waals surface area contributed by atoms with Gasteiger partial charge in [0, 0.05) is 30.2 Å². The molecule has 0 spiro atoms. The van der Waals surface area contributed by atoms with Gasteiger partial charge in [0.1, 0.15) is 6.10 Å². The molecule has 5 atom stereocenters. The quantitative estimate of drug-likeness (QED) is 0.380. The second kappa shape index (κ2) is 12.1. The molecule has 218 valence electrons. The average Bonchev–Trinajstić information content (AvgIpc) is 3.53. The van der Waals surface area contributed by atoms with E-state index in [9.17, 15) is 19.5 Å². The number of aromatic nitrogens is 1. The fourth-order valence-electron chi connectivity index (χ4n) is 6.79. The minimum Gasteiger partial charge on any atom is -0.481 e. The Bertz CT molecular complexity index is 1490. The molecule has 1 aliphatic carbocycles. The van der Waals surface area contributed by atoms with Gasteiger partial charge in [-0.1, -0.05) is 73.5 Å². The molecule has 3 aliphatic rings. The van der Waals surface area contributed by atoms with E-state index in [4.69, 9.17) is 4.74 Å². The number of nitrogens with zero attached hydrogens (tertiary/aromatic N) is 2. The van der Waals surface area contributed by atoms with Gasteiger partial charge in [-0.2, -0.15) is 0 Å². The lowest BCUT2D eigenvalue weighted by atomic mass is 9.90. The molecule has 1 saturated carbocycles. The van der Waals surface area contributed by atoms with Crippen LogP contribution in [0.15, 0.2) is 78.9 Å². The molecule has 1 saturated heterocycles. The van der Waals surface area contributed by atoms with Crippen LogP contribution in [0.4, 0.5) is 0 Å². The summed E-state index contributed by atoms with van der Waals surface area (Å²) in [6.07, 6.45) is 9.53. The van der Waals surface area contributed by atoms with E-state index in [0.717, 1.165) is 48.6 Å². The molecule has 7 heteroatoms. The van der Waals surface area contributed by atoms with Gasteiger partial charge in [-0.25, -0.2) is 4.98 Å². The van der Waals surface area contributed by atoms with E-state index in [-0.39, 0.29) is 36.5 Å². The number of carbonyl (C=O) groups is 3. The SMILES string of the molecule is O=C1C[C@]2(C(=O)O)C[C@H]2/C=C\CCCCC[C@H](Cc2ccccc2)C(=O)N2C[C@H](Oc3ccc4ccccc4n3)C[C@@H]12. The fraction of sp³-hybridized carbons (Fsp3) is 0.429. The second-order valence-corrected chi connectivity index (χ2v) is 12.2. The lowest BCUT2D eigenvalue weighted by molar-refractivity contribution is -0.147. The highest BCUT2D eigenvalue weighted by Crippen LogP contribution is 2.57. The smallest absolute Gasteiger partial charge is 0.310 e. The van der Waals surface area contributed by atoms with Crippen molar-refractivity contribution in [1.29, 1.82) is 0 Å². The zero-order valence-corrected chi connectivity index (χ0v) is 23.9. The lowest BCUT2D eigenvalue weighted by Crippen LogP contribution is -2.45. The number of fused-ring (bicyclic) bond motifs is 3. The number of carbonyl (C=O) groups excluding carboxylic acids is 2. The maximum Gasteiger partial charge on any atom is 0.310 e. The molecule has 0 bridgehead atoms. The summed E-state index contributed by atoms with van der Waals surface area (Å²) >= 11 is 0. The van der Waals surface area contributed by atoms with E-state index in [2.05, 4.69) is 11.1 Å². The van der Waals surface area contributed by atoms with E-state index in [1.807, 2.05) is 72.8 Å². The Kier molecular flexibility index (Phi) is 8.09. The van der Waals surface area contributed by atoms with Crippen LogP contribution in [0.25, 0.3) is 10.9 Å². The van der Waals surface area contributed by atoms with Gasteiger partial charge in [0.2, 0.25) is 11.8 Å². The van der Waals surface area contributed by atoms with Crippen molar-refractivity contribution in [2.24, 2.45) is 17.3 Å². The Morgan fingerprint density at radius 3 is 2.64 bits per heavy atom. The highest BCUT2D eigenvalue weighted by Gasteiger charge is 2.61. The van der Waals surface area contributed by atoms with Gasteiger partial charge in [-0.05, 0) is 55.7 Å². The van der Waals surface area contributed by atoms with Gasteiger partial charge >= 0.3 is 5.97 Å². The van der Waals surface area contributed by atoms with E-state index in [0.29, 0.717) is 25.1 Å². The van der Waals surface area contributed by atoms with Crippen LogP contribution in [0.5, 0.6) is 5.88 Å². The fourth-order valence-corrected chi connectivity index (χ4v) is 6.79. The van der Waals surface area contributed by atoms with Gasteiger partial charge in [0.25, 0.3) is 0 Å². The summed E-state index contributed by atoms with van der Waals surface area (Å²) in [5.74, 6) is -1.11. The van der Waals surface area contributed by atoms with Gasteiger partial charge in [-0.3, -0.25) is 14.4 Å². The number of pyridine rings is 1. The summed E-state index contributed by atoms with van der Waals surface area (Å²) in [6, 6.07) is 20.9. The summed E-state index contributed by atoms with van der Waals surface area (Å²) < 4.78 is 6.30. The number of ether oxygens (including phenoxy) is 1. The van der Waals surface area contributed by atoms with Gasteiger partial charge in [0.05, 0.1) is 23.5 Å². The molecule has 1 amide bonds. The third-order valence-corrected chi connectivity index (χ3v) is 9.29. The molecular weight excluding hydrogens is 528 g/mol. The molecule has 1 aromatic heterocycles. The third kappa shape index (κ3) is 5.96. The van der Waals surface area contributed by atoms with Crippen molar-refractivity contribution < 1.29 is 24.2 Å². The molecule has 42 heavy (non-hydrogen) atoms. The number of rotatable bonds is 5. The molecule has 0 unspecified atom stereocenters. The Morgan fingerprint density at radius 1 is 1.00 bits per heavy atom. The van der Waals surface area contributed by atoms with E-state index < -0.39 is 23.5 Å². The first-order chi connectivity index (χ1) is 20.4. The number of para-hydroxylation sites is 1. The standard InChI is InChI=1S/C35H38N2O5/c38-31-22-35(34(40)41)21-27(35)15-8-3-1-2-7-14-26(19-24-11-5-4-6-12-24)33(39)37-23-28(20-30(31)37)42-32-18-17-25-13-9-10-16-29(25)36-32/h4-6,8-13,15-18,26-28,30H,1-3,7,14,19-23H2,(H,40,41)/b15-8-/t26-,27-,28-,30+,35-/m1/s1. The van der Waals surface area contributed by atoms with Gasteiger partial charge in [-0.15, -0.1) is 0 Å². The molecule has 7 nitrogen and oxygen atoms in total. The summed E-state index contributed by atoms with van der Waals surface area (Å²) in [6.45, 7) is 0.276. The number of carboxylic acids is 1. The number of Topliss-reactive ketones (excluding diaryl/α,β-unsaturated/α-hetero) is 1. The zero-order chi connectivity index (χ0) is 29.1. The van der Waals surface area contributed by atoms with Crippen LogP contribution >= 0.6 is 0 Å². The Hall–Kier alpha value is -4.00. The average molecular weight is 567 g/mol. The third-order valence-electron chi connectivity index (χ3n) is 9.29. The van der Waals surface area contributed by atoms with Crippen molar-refractivity contribution in [3.05, 3.63) is 84.4 Å². The number of hydrogen-bond acceptors (Lipinski definition) is 5. The Morgan fingerprint density at radius 2 is 1.81 bits per heavy atom. The lowest BCUT2D eigenvalue weighted by Gasteiger charge is -2.29. The largest absolute Gasteiger partial charge is 0.481 e. The van der Waals surface area contributed by atoms with Crippen LogP contribution in [0.3, 0.4) is 0 Å². The van der Waals surface area contributed by atoms with Crippen molar-refractivity contribution in [2.75, 3.05) is 6.54 Å². The van der Waals surface area contributed by atoms with Gasteiger partial charge in [0.15, 0.2) is 5.78 Å². The Balaban J connectivity index is 1.28. The highest BCUT2D eigenvalue weighted by atomic mass is 16.5. The van der Waals surface area contributed by atoms with Crippen LogP contribution in [0.1, 0.15) is 56.9 Å². The highest BCUT2D eigenvalue weighted by molar-refractivity contribution is 5.95. The molecule has 3 heterocycles. The number of benzene rings is 2. The predicted octanol–water partition coefficient (Wildman–Crippen LogP) is 6.01. The molecular formula is C35H38N2O5. The Labute approximate surface area is 246 Å². The number of allylic oxidation sites excluding steroid dienone is 2. The predicted molar refractivity (Wildman–Crippen MR) is 160 cm³/mol. The number of ketones is 1. The normalized spacial score (nSPS) is 29.2. The second-order valence-electron chi connectivity index (χ2n) is 12.2. The first kappa shape index (κ1) is 28.1. The van der Waals surface area contributed by atoms with E-state index in [1.165, 1.54) is 0 Å². The monoisotopic (exact) mass is 566 g/mol. The van der Waals surface area contributed by atoms with Crippen molar-refractivity contribution in [3.8, 4) is 5.88 Å². The molecule has 2 aliphatic heterocycles. The first-order valence-electron chi connectivity index (χ1n) is 15.2. The summed E-state index contributed by atoms with van der Waals surface area (Å²) in [5, 5.41) is 11.1. The summed E-state index contributed by atoms with van der Waals surface area (Å²) in [4.78, 5) is 46.9. The minimum atomic E-state index is -1.08. The molecule has 2 fully saturated rings. The number of carboxylic acid groups (broad SMARTS) is 1. The number of aliphatic carboxylic acids is 1. The molecule has 0 radical (unpaired) electrons. The van der Waals surface area contributed by atoms with Crippen LogP contribution in [-0.4, -0.2) is 51.3 Å². The maximum atomic E-state index is 14.3. The van der Waals surface area contributed by atoms with Crippen LogP contribution < -0.4 is 4.74 Å². The van der Waals surface area contributed by atoms with Crippen molar-refractivity contribution in [1.82, 2.24) is 9.88 Å². The molecule has 6 rings (SSSR count). The minimum absolute atomic E-state index is 0.0421. The van der Waals surface area contributed by atoms with Gasteiger partial charge < -0.3 is 14.7 Å². The zero-order valence-electron chi connectivity index (χ0n) is 23.9. The molecule has 2 aromatic carbocycles. The molecule has 1 N–H and O–H groups in total. The maximum absolute atomic E-state index is 14.3. The topological polar surface area (TPSA) is 96.8 Å². The van der Waals surface area contributed by atoms with Crippen LogP contribution in [0, 0.1) is 17.3 Å². The first-order valence-corrected chi connectivity index (χ1v) is 15.2.